The summed E-state index contributed by atoms with van der Waals surface area (Å²) < 4.78 is 12.9. The van der Waals surface area contributed by atoms with E-state index in [9.17, 15) is 24.3 Å². The van der Waals surface area contributed by atoms with Crippen LogP contribution in [0.5, 0.6) is 0 Å². The molecule has 1 aromatic carbocycles. The summed E-state index contributed by atoms with van der Waals surface area (Å²) in [5.74, 6) is -3.37. The fourth-order valence-corrected chi connectivity index (χ4v) is 7.72. The molecule has 0 unspecified atom stereocenters. The monoisotopic (exact) mass is 651 g/mol. The van der Waals surface area contributed by atoms with Gasteiger partial charge in [0, 0.05) is 19.5 Å². The maximum Gasteiger partial charge on any atom is 0.313 e. The van der Waals surface area contributed by atoms with E-state index < -0.39 is 53.7 Å². The van der Waals surface area contributed by atoms with E-state index in [4.69, 9.17) is 9.47 Å². The van der Waals surface area contributed by atoms with Crippen LogP contribution in [0, 0.1) is 17.8 Å². The first-order chi connectivity index (χ1) is 22.6. The largest absolute Gasteiger partial charge is 0.455 e. The number of ether oxygens (including phenoxy) is 2. The molecule has 4 rings (SSSR count). The molecule has 3 heterocycles. The van der Waals surface area contributed by atoms with Gasteiger partial charge in [-0.2, -0.15) is 0 Å². The van der Waals surface area contributed by atoms with Crippen LogP contribution in [0.4, 0.5) is 0 Å². The van der Waals surface area contributed by atoms with Crippen molar-refractivity contribution in [3.8, 4) is 0 Å². The van der Waals surface area contributed by atoms with Gasteiger partial charge in [0.15, 0.2) is 0 Å². The van der Waals surface area contributed by atoms with Crippen LogP contribution in [0.25, 0.3) is 0 Å². The van der Waals surface area contributed by atoms with Crippen LogP contribution in [0.1, 0.15) is 84.3 Å². The lowest BCUT2D eigenvalue weighted by Gasteiger charge is -2.41. The van der Waals surface area contributed by atoms with Gasteiger partial charge in [0.05, 0.1) is 36.6 Å². The van der Waals surface area contributed by atoms with Crippen molar-refractivity contribution < 1.29 is 33.8 Å². The second-order valence-corrected chi connectivity index (χ2v) is 13.3. The van der Waals surface area contributed by atoms with Crippen molar-refractivity contribution in [1.29, 1.82) is 0 Å². The van der Waals surface area contributed by atoms with E-state index in [1.165, 1.54) is 0 Å². The molecule has 3 aliphatic rings. The molecule has 0 aliphatic carbocycles. The fourth-order valence-electron chi connectivity index (χ4n) is 7.72. The Kier molecular flexibility index (Phi) is 12.4. The SMILES string of the molecule is C=CCCC(=O)N[C@H](C)[C@@H](OC(=O)[C@@H]1[C@@H]2CC[C@]3(O2)[C@H](C(=O)N(CC=C)CCCC)N([C@@H](CO)[C@@H](C)CC)C(=O)[C@@H]13)c1ccccc1. The summed E-state index contributed by atoms with van der Waals surface area (Å²) in [5, 5.41) is 13.6. The highest BCUT2D eigenvalue weighted by Gasteiger charge is 2.76. The standard InChI is InChI=1S/C37H53N3O7/c1-7-11-18-29(42)38-25(6)32(26-16-14-13-15-17-26)46-36(45)30-28-19-20-37(47-28)31(30)34(43)40(27(23-41)24(5)10-4)33(37)35(44)39(21-9-3)22-12-8-2/h7,9,13-17,24-25,27-28,30-33,41H,1,3,8,10-12,18-23H2,2,4-6H3,(H,38,42)/t24-,25+,27-,28-,30+,31+,32+,33-,37+/m0/s1. The topological polar surface area (TPSA) is 125 Å². The summed E-state index contributed by atoms with van der Waals surface area (Å²) in [7, 11) is 0. The van der Waals surface area contributed by atoms with Gasteiger partial charge in [0.1, 0.15) is 17.7 Å². The highest BCUT2D eigenvalue weighted by atomic mass is 16.6. The summed E-state index contributed by atoms with van der Waals surface area (Å²) in [6.07, 6.45) is 6.00. The normalized spacial score (nSPS) is 27.0. The average Bonchev–Trinajstić information content (AvgIpc) is 3.72. The number of likely N-dealkylation sites (tertiary alicyclic amines) is 1. The summed E-state index contributed by atoms with van der Waals surface area (Å²) in [4.78, 5) is 59.3. The molecule has 3 amide bonds. The summed E-state index contributed by atoms with van der Waals surface area (Å²) in [5.41, 5.74) is -0.515. The highest BCUT2D eigenvalue weighted by molar-refractivity contribution is 5.98. The number of hydrogen-bond acceptors (Lipinski definition) is 7. The Morgan fingerprint density at radius 3 is 2.53 bits per heavy atom. The number of rotatable bonds is 18. The lowest BCUT2D eigenvalue weighted by atomic mass is 9.70. The number of unbranched alkanes of at least 4 members (excludes halogenated alkanes) is 1. The van der Waals surface area contributed by atoms with Crippen molar-refractivity contribution >= 4 is 23.7 Å². The molecule has 3 aliphatic heterocycles. The zero-order valence-electron chi connectivity index (χ0n) is 28.4. The molecule has 0 radical (unpaired) electrons. The number of allylic oxidation sites excluding steroid dienone is 1. The zero-order chi connectivity index (χ0) is 34.3. The van der Waals surface area contributed by atoms with Crippen molar-refractivity contribution in [2.24, 2.45) is 17.8 Å². The van der Waals surface area contributed by atoms with E-state index in [0.29, 0.717) is 44.3 Å². The maximum absolute atomic E-state index is 14.6. The molecular formula is C37H53N3O7. The van der Waals surface area contributed by atoms with Gasteiger partial charge in [-0.05, 0) is 44.1 Å². The number of benzene rings is 1. The number of aliphatic hydroxyl groups excluding tert-OH is 1. The number of nitrogens with one attached hydrogen (secondary N) is 1. The third-order valence-electron chi connectivity index (χ3n) is 10.3. The summed E-state index contributed by atoms with van der Waals surface area (Å²) in [6.45, 7) is 15.8. The first-order valence-corrected chi connectivity index (χ1v) is 17.3. The molecule has 2 N–H and O–H groups in total. The Morgan fingerprint density at radius 1 is 1.19 bits per heavy atom. The van der Waals surface area contributed by atoms with E-state index in [1.54, 1.807) is 28.9 Å². The number of fused-ring (bicyclic) bond motifs is 1. The highest BCUT2D eigenvalue weighted by Crippen LogP contribution is 2.59. The first kappa shape index (κ1) is 36.3. The number of hydrogen-bond donors (Lipinski definition) is 2. The van der Waals surface area contributed by atoms with E-state index >= 15 is 0 Å². The fraction of sp³-hybridized carbons (Fsp3) is 0.622. The predicted molar refractivity (Wildman–Crippen MR) is 179 cm³/mol. The van der Waals surface area contributed by atoms with E-state index in [0.717, 1.165) is 12.8 Å². The van der Waals surface area contributed by atoms with Crippen LogP contribution in [-0.2, 0) is 28.7 Å². The zero-order valence-corrected chi connectivity index (χ0v) is 28.4. The van der Waals surface area contributed by atoms with Crippen LogP contribution in [0.2, 0.25) is 0 Å². The van der Waals surface area contributed by atoms with Crippen molar-refractivity contribution in [3.05, 3.63) is 61.2 Å². The molecule has 10 heteroatoms. The number of aliphatic hydroxyl groups is 1. The number of esters is 1. The molecule has 0 saturated carbocycles. The summed E-state index contributed by atoms with van der Waals surface area (Å²) in [6, 6.07) is 7.03. The molecule has 2 bridgehead atoms. The van der Waals surface area contributed by atoms with Gasteiger partial charge >= 0.3 is 5.97 Å². The number of carbonyl (C=O) groups excluding carboxylic acids is 4. The molecule has 3 fully saturated rings. The Morgan fingerprint density at radius 2 is 1.91 bits per heavy atom. The minimum atomic E-state index is -1.22. The van der Waals surface area contributed by atoms with Gasteiger partial charge < -0.3 is 29.7 Å². The molecule has 3 saturated heterocycles. The second kappa shape index (κ2) is 16.1. The third-order valence-corrected chi connectivity index (χ3v) is 10.3. The molecular weight excluding hydrogens is 598 g/mol. The Bertz CT molecular complexity index is 1290. The molecule has 1 spiro atoms. The molecule has 10 nitrogen and oxygen atoms in total. The van der Waals surface area contributed by atoms with Crippen molar-refractivity contribution in [1.82, 2.24) is 15.1 Å². The van der Waals surface area contributed by atoms with E-state index in [2.05, 4.69) is 25.4 Å². The van der Waals surface area contributed by atoms with Crippen molar-refractivity contribution in [2.75, 3.05) is 19.7 Å². The van der Waals surface area contributed by atoms with Crippen LogP contribution >= 0.6 is 0 Å². The molecule has 0 aromatic heterocycles. The molecule has 1 aromatic rings. The van der Waals surface area contributed by atoms with Crippen LogP contribution < -0.4 is 5.32 Å². The molecule has 47 heavy (non-hydrogen) atoms. The summed E-state index contributed by atoms with van der Waals surface area (Å²) >= 11 is 0. The molecule has 258 valence electrons. The van der Waals surface area contributed by atoms with Crippen LogP contribution in [0.3, 0.4) is 0 Å². The van der Waals surface area contributed by atoms with Crippen molar-refractivity contribution in [2.45, 2.75) is 109 Å². The van der Waals surface area contributed by atoms with Crippen LogP contribution in [0.15, 0.2) is 55.6 Å². The minimum absolute atomic E-state index is 0.103. The van der Waals surface area contributed by atoms with Gasteiger partial charge in [0.2, 0.25) is 17.7 Å². The van der Waals surface area contributed by atoms with Gasteiger partial charge in [0.25, 0.3) is 0 Å². The van der Waals surface area contributed by atoms with E-state index in [-0.39, 0.29) is 36.7 Å². The van der Waals surface area contributed by atoms with Gasteiger partial charge in [-0.25, -0.2) is 0 Å². The van der Waals surface area contributed by atoms with Crippen molar-refractivity contribution in [3.63, 3.8) is 0 Å². The Hall–Kier alpha value is -3.50. The second-order valence-electron chi connectivity index (χ2n) is 13.3. The average molecular weight is 652 g/mol. The number of nitrogens with zero attached hydrogens (tertiary/aromatic N) is 2. The minimum Gasteiger partial charge on any atom is -0.455 e. The predicted octanol–water partition coefficient (Wildman–Crippen LogP) is 4.34. The van der Waals surface area contributed by atoms with Crippen LogP contribution in [-0.4, -0.2) is 88.1 Å². The quantitative estimate of drug-likeness (QED) is 0.179. The van der Waals surface area contributed by atoms with E-state index in [1.807, 2.05) is 44.2 Å². The number of amides is 3. The lowest BCUT2D eigenvalue weighted by molar-refractivity contribution is -0.163. The number of carbonyl (C=O) groups is 4. The van der Waals surface area contributed by atoms with Gasteiger partial charge in [-0.15, -0.1) is 13.2 Å². The lowest BCUT2D eigenvalue weighted by Crippen LogP contribution is -2.59. The maximum atomic E-state index is 14.6. The van der Waals surface area contributed by atoms with Gasteiger partial charge in [-0.3, -0.25) is 19.2 Å². The van der Waals surface area contributed by atoms with Gasteiger partial charge in [-0.1, -0.05) is 76.1 Å². The Labute approximate surface area is 279 Å². The smallest absolute Gasteiger partial charge is 0.313 e. The third kappa shape index (κ3) is 7.18. The Balaban J connectivity index is 1.71. The molecule has 9 atom stereocenters. The first-order valence-electron chi connectivity index (χ1n) is 17.3.